The Labute approximate surface area is 166 Å². The molecule has 0 amide bonds. The third-order valence-electron chi connectivity index (χ3n) is 4.02. The summed E-state index contributed by atoms with van der Waals surface area (Å²) in [6.07, 6.45) is 2.25. The summed E-state index contributed by atoms with van der Waals surface area (Å²) in [7, 11) is 0. The van der Waals surface area contributed by atoms with E-state index < -0.39 is 11.6 Å². The van der Waals surface area contributed by atoms with Crippen molar-refractivity contribution in [3.63, 3.8) is 0 Å². The summed E-state index contributed by atoms with van der Waals surface area (Å²) in [4.78, 5) is 25.7. The van der Waals surface area contributed by atoms with Gasteiger partial charge in [0.15, 0.2) is 5.75 Å². The van der Waals surface area contributed by atoms with E-state index in [2.05, 4.69) is 0 Å². The van der Waals surface area contributed by atoms with Crippen molar-refractivity contribution in [1.29, 1.82) is 0 Å². The number of carbonyl (C=O) groups excluding carboxylic acids is 1. The fraction of sp³-hybridized carbons (Fsp3) is 0.238. The second kappa shape index (κ2) is 9.11. The molecule has 1 aromatic heterocycles. The third-order valence-corrected chi connectivity index (χ3v) is 5.26. The first-order valence-electron chi connectivity index (χ1n) is 8.72. The number of carbonyl (C=O) groups is 1. The zero-order valence-corrected chi connectivity index (χ0v) is 16.4. The Hall–Kier alpha value is -2.24. The van der Waals surface area contributed by atoms with Gasteiger partial charge in [0.1, 0.15) is 5.58 Å². The van der Waals surface area contributed by atoms with E-state index in [1.54, 1.807) is 30.3 Å². The summed E-state index contributed by atoms with van der Waals surface area (Å²) in [5.74, 6) is 0.0316. The number of thioether (sulfide) groups is 1. The molecule has 1 heterocycles. The van der Waals surface area contributed by atoms with Gasteiger partial charge in [0.2, 0.25) is 0 Å². The zero-order chi connectivity index (χ0) is 19.2. The fourth-order valence-corrected chi connectivity index (χ4v) is 3.46. The molecule has 0 saturated carbocycles. The summed E-state index contributed by atoms with van der Waals surface area (Å²) in [6, 6.07) is 14.3. The highest BCUT2D eigenvalue weighted by Gasteiger charge is 2.18. The quantitative estimate of drug-likeness (QED) is 0.297. The van der Waals surface area contributed by atoms with Crippen LogP contribution in [0.5, 0.6) is 5.75 Å². The molecule has 140 valence electrons. The molecule has 0 fully saturated rings. The van der Waals surface area contributed by atoms with Crippen molar-refractivity contribution in [2.45, 2.75) is 31.1 Å². The Balaban J connectivity index is 1.84. The van der Waals surface area contributed by atoms with Crippen molar-refractivity contribution < 1.29 is 13.9 Å². The molecule has 4 nitrogen and oxygen atoms in total. The van der Waals surface area contributed by atoms with Crippen LogP contribution in [0.15, 0.2) is 62.6 Å². The van der Waals surface area contributed by atoms with Gasteiger partial charge < -0.3 is 9.15 Å². The first-order chi connectivity index (χ1) is 13.1. The minimum Gasteiger partial charge on any atom is -0.425 e. The Bertz CT molecular complexity index is 995. The Morgan fingerprint density at radius 3 is 2.63 bits per heavy atom. The van der Waals surface area contributed by atoms with E-state index in [4.69, 9.17) is 20.8 Å². The normalized spacial score (nSPS) is 10.9. The van der Waals surface area contributed by atoms with Crippen LogP contribution in [0.3, 0.4) is 0 Å². The third kappa shape index (κ3) is 4.93. The van der Waals surface area contributed by atoms with Gasteiger partial charge in [-0.2, -0.15) is 0 Å². The predicted molar refractivity (Wildman–Crippen MR) is 109 cm³/mol. The lowest BCUT2D eigenvalue weighted by Crippen LogP contribution is -2.17. The molecule has 0 bridgehead atoms. The molecule has 3 rings (SSSR count). The van der Waals surface area contributed by atoms with E-state index in [0.29, 0.717) is 33.7 Å². The predicted octanol–water partition coefficient (Wildman–Crippen LogP) is 5.49. The Kier molecular flexibility index (Phi) is 6.58. The summed E-state index contributed by atoms with van der Waals surface area (Å²) >= 11 is 7.23. The lowest BCUT2D eigenvalue weighted by atomic mass is 10.1. The highest BCUT2D eigenvalue weighted by Crippen LogP contribution is 2.29. The van der Waals surface area contributed by atoms with Gasteiger partial charge in [0.05, 0.1) is 16.7 Å². The van der Waals surface area contributed by atoms with Gasteiger partial charge in [-0.05, 0) is 49.2 Å². The monoisotopic (exact) mass is 402 g/mol. The topological polar surface area (TPSA) is 56.5 Å². The van der Waals surface area contributed by atoms with Crippen LogP contribution in [0.2, 0.25) is 5.02 Å². The van der Waals surface area contributed by atoms with E-state index in [0.717, 1.165) is 17.7 Å². The molecule has 0 radical (unpaired) electrons. The lowest BCUT2D eigenvalue weighted by molar-refractivity contribution is -0.131. The second-order valence-corrected chi connectivity index (χ2v) is 7.50. The van der Waals surface area contributed by atoms with Gasteiger partial charge >= 0.3 is 11.6 Å². The van der Waals surface area contributed by atoms with E-state index in [1.807, 2.05) is 25.1 Å². The minimum atomic E-state index is -0.449. The maximum Gasteiger partial charge on any atom is 0.343 e. The molecule has 0 aliphatic rings. The van der Waals surface area contributed by atoms with Gasteiger partial charge in [-0.25, -0.2) is 4.79 Å². The van der Waals surface area contributed by atoms with Crippen molar-refractivity contribution in [3.05, 3.63) is 69.5 Å². The van der Waals surface area contributed by atoms with Gasteiger partial charge in [0.25, 0.3) is 0 Å². The highest BCUT2D eigenvalue weighted by molar-refractivity contribution is 8.00. The van der Waals surface area contributed by atoms with Crippen LogP contribution in [0, 0.1) is 0 Å². The fourth-order valence-electron chi connectivity index (χ4n) is 2.66. The molecule has 0 spiro atoms. The number of para-hydroxylation sites is 1. The largest absolute Gasteiger partial charge is 0.425 e. The van der Waals surface area contributed by atoms with Gasteiger partial charge in [-0.15, -0.1) is 11.8 Å². The number of unbranched alkanes of at least 4 members (excludes halogenated alkanes) is 1. The van der Waals surface area contributed by atoms with E-state index in [1.165, 1.54) is 11.8 Å². The summed E-state index contributed by atoms with van der Waals surface area (Å²) in [6.45, 7) is 2.04. The average molecular weight is 403 g/mol. The van der Waals surface area contributed by atoms with Gasteiger partial charge in [-0.1, -0.05) is 37.1 Å². The number of ether oxygens (including phenoxy) is 1. The first-order valence-corrected chi connectivity index (χ1v) is 10.1. The molecule has 6 heteroatoms. The lowest BCUT2D eigenvalue weighted by Gasteiger charge is -2.11. The number of esters is 1. The van der Waals surface area contributed by atoms with E-state index in [9.17, 15) is 9.59 Å². The number of rotatable bonds is 7. The molecule has 2 aromatic carbocycles. The van der Waals surface area contributed by atoms with Crippen LogP contribution < -0.4 is 10.4 Å². The molecule has 0 atom stereocenters. The smallest absolute Gasteiger partial charge is 0.343 e. The van der Waals surface area contributed by atoms with Crippen molar-refractivity contribution in [1.82, 2.24) is 0 Å². The number of hydrogen-bond acceptors (Lipinski definition) is 5. The molecule has 0 saturated heterocycles. The molecule has 3 aromatic rings. The molecule has 0 aliphatic heterocycles. The van der Waals surface area contributed by atoms with Crippen molar-refractivity contribution in [3.8, 4) is 5.75 Å². The van der Waals surface area contributed by atoms with Crippen LogP contribution >= 0.6 is 23.4 Å². The average Bonchev–Trinajstić information content (AvgIpc) is 2.67. The van der Waals surface area contributed by atoms with Crippen LogP contribution in [0.4, 0.5) is 0 Å². The first kappa shape index (κ1) is 19.5. The van der Waals surface area contributed by atoms with E-state index >= 15 is 0 Å². The SMILES string of the molecule is CCCCc1c(OC(=O)CSc2ccc(Cl)cc2)c2ccccc2oc1=O. The minimum absolute atomic E-state index is 0.128. The number of benzene rings is 2. The number of fused-ring (bicyclic) bond motifs is 1. The zero-order valence-electron chi connectivity index (χ0n) is 14.9. The van der Waals surface area contributed by atoms with Gasteiger partial charge in [0, 0.05) is 9.92 Å². The maximum absolute atomic E-state index is 12.4. The standard InChI is InChI=1S/C21H19ClO4S/c1-2-3-6-17-20(16-7-4-5-8-18(16)25-21(17)24)26-19(23)13-27-15-11-9-14(22)10-12-15/h4-5,7-12H,2-3,6,13H2,1H3. The molecular weight excluding hydrogens is 384 g/mol. The van der Waals surface area contributed by atoms with Crippen LogP contribution in [0.1, 0.15) is 25.3 Å². The number of halogens is 1. The number of hydrogen-bond donors (Lipinski definition) is 0. The van der Waals surface area contributed by atoms with Crippen LogP contribution in [-0.2, 0) is 11.2 Å². The van der Waals surface area contributed by atoms with Crippen LogP contribution in [-0.4, -0.2) is 11.7 Å². The highest BCUT2D eigenvalue weighted by atomic mass is 35.5. The summed E-state index contributed by atoms with van der Waals surface area (Å²) < 4.78 is 11.0. The van der Waals surface area contributed by atoms with Crippen molar-refractivity contribution >= 4 is 40.3 Å². The van der Waals surface area contributed by atoms with Crippen molar-refractivity contribution in [2.24, 2.45) is 0 Å². The van der Waals surface area contributed by atoms with Gasteiger partial charge in [-0.3, -0.25) is 4.79 Å². The maximum atomic E-state index is 12.4. The second-order valence-electron chi connectivity index (χ2n) is 6.01. The molecule has 27 heavy (non-hydrogen) atoms. The Morgan fingerprint density at radius 1 is 1.15 bits per heavy atom. The van der Waals surface area contributed by atoms with Crippen molar-refractivity contribution in [2.75, 3.05) is 5.75 Å². The molecule has 0 unspecified atom stereocenters. The summed E-state index contributed by atoms with van der Waals surface area (Å²) in [5, 5.41) is 1.28. The van der Waals surface area contributed by atoms with E-state index in [-0.39, 0.29) is 5.75 Å². The molecule has 0 aliphatic carbocycles. The molecular formula is C21H19ClO4S. The summed E-state index contributed by atoms with van der Waals surface area (Å²) in [5.41, 5.74) is 0.381. The Morgan fingerprint density at radius 2 is 1.89 bits per heavy atom. The van der Waals surface area contributed by atoms with Crippen LogP contribution in [0.25, 0.3) is 11.0 Å². The molecule has 0 N–H and O–H groups in total.